The van der Waals surface area contributed by atoms with Gasteiger partial charge in [-0.15, -0.1) is 9.90 Å². The first kappa shape index (κ1) is 16.2. The van der Waals surface area contributed by atoms with Gasteiger partial charge in [0.2, 0.25) is 0 Å². The maximum atomic E-state index is 13.4. The lowest BCUT2D eigenvalue weighted by Crippen LogP contribution is -2.18. The number of anilines is 1. The Hall–Kier alpha value is -3.17. The molecule has 1 heterocycles. The molecule has 1 amide bonds. The fourth-order valence-electron chi connectivity index (χ4n) is 1.58. The van der Waals surface area contributed by atoms with Gasteiger partial charge >= 0.3 is 5.97 Å². The number of aliphatic carboxylic acids is 1. The molecule has 0 unspecified atom stereocenters. The molecule has 2 rings (SSSR count). The van der Waals surface area contributed by atoms with Gasteiger partial charge in [-0.1, -0.05) is 0 Å². The van der Waals surface area contributed by atoms with Crippen molar-refractivity contribution in [1.29, 1.82) is 0 Å². The zero-order valence-corrected chi connectivity index (χ0v) is 11.5. The fraction of sp³-hybridized carbons (Fsp3) is 0.154. The Morgan fingerprint density at radius 3 is 2.61 bits per heavy atom. The summed E-state index contributed by atoms with van der Waals surface area (Å²) in [6.45, 7) is 0. The second-order valence-corrected chi connectivity index (χ2v) is 4.39. The van der Waals surface area contributed by atoms with Crippen molar-refractivity contribution < 1.29 is 28.3 Å². The smallest absolute Gasteiger partial charge is 0.303 e. The summed E-state index contributed by atoms with van der Waals surface area (Å²) in [5.74, 6) is -4.48. The predicted octanol–water partition coefficient (Wildman–Crippen LogP) is 1.31. The van der Waals surface area contributed by atoms with E-state index in [2.05, 4.69) is 15.5 Å². The molecule has 8 nitrogen and oxygen atoms in total. The van der Waals surface area contributed by atoms with Crippen LogP contribution in [0.2, 0.25) is 0 Å². The van der Waals surface area contributed by atoms with Crippen molar-refractivity contribution in [3.05, 3.63) is 41.7 Å². The third-order valence-corrected chi connectivity index (χ3v) is 2.68. The highest BCUT2D eigenvalue weighted by atomic mass is 19.1. The lowest BCUT2D eigenvalue weighted by atomic mass is 10.3. The molecule has 0 atom stereocenters. The molecule has 0 radical (unpaired) electrons. The summed E-state index contributed by atoms with van der Waals surface area (Å²) >= 11 is 0. The number of rotatable bonds is 5. The largest absolute Gasteiger partial charge is 0.481 e. The molecule has 1 aromatic carbocycles. The highest BCUT2D eigenvalue weighted by Gasteiger charge is 2.16. The summed E-state index contributed by atoms with van der Waals surface area (Å²) in [5, 5.41) is 17.8. The number of carbonyl (C=O) groups is 3. The number of benzene rings is 1. The van der Waals surface area contributed by atoms with E-state index in [9.17, 15) is 23.2 Å². The van der Waals surface area contributed by atoms with Gasteiger partial charge in [-0.2, -0.15) is 5.10 Å². The number of amides is 1. The highest BCUT2D eigenvalue weighted by molar-refractivity contribution is 6.02. The summed E-state index contributed by atoms with van der Waals surface area (Å²) in [6.07, 6.45) is 0.232. The van der Waals surface area contributed by atoms with Crippen molar-refractivity contribution in [2.45, 2.75) is 12.8 Å². The van der Waals surface area contributed by atoms with Crippen LogP contribution in [-0.2, 0) is 4.79 Å². The minimum atomic E-state index is -1.16. The van der Waals surface area contributed by atoms with Crippen LogP contribution in [0.25, 0.3) is 0 Å². The van der Waals surface area contributed by atoms with Gasteiger partial charge in [-0.25, -0.2) is 8.78 Å². The third-order valence-electron chi connectivity index (χ3n) is 2.68. The maximum Gasteiger partial charge on any atom is 0.303 e. The molecule has 0 saturated carbocycles. The van der Waals surface area contributed by atoms with Crippen molar-refractivity contribution in [3.63, 3.8) is 0 Å². The van der Waals surface area contributed by atoms with Crippen LogP contribution in [0.1, 0.15) is 28.1 Å². The van der Waals surface area contributed by atoms with Crippen LogP contribution >= 0.6 is 0 Å². The maximum absolute atomic E-state index is 13.4. The molecule has 2 aromatic rings. The molecule has 0 bridgehead atoms. The molecule has 0 aliphatic heterocycles. The number of nitrogens with one attached hydrogen (secondary N) is 1. The monoisotopic (exact) mass is 324 g/mol. The number of hydrogen-bond donors (Lipinski definition) is 2. The predicted molar refractivity (Wildman–Crippen MR) is 71.8 cm³/mol. The quantitative estimate of drug-likeness (QED) is 0.857. The van der Waals surface area contributed by atoms with Crippen LogP contribution in [0.15, 0.2) is 24.4 Å². The number of nitrogens with zero attached hydrogens (tertiary/aromatic N) is 3. The van der Waals surface area contributed by atoms with Crippen molar-refractivity contribution in [2.75, 3.05) is 5.32 Å². The third kappa shape index (κ3) is 4.15. The van der Waals surface area contributed by atoms with Gasteiger partial charge in [-0.05, 0) is 12.1 Å². The van der Waals surface area contributed by atoms with Crippen molar-refractivity contribution in [2.24, 2.45) is 0 Å². The lowest BCUT2D eigenvalue weighted by molar-refractivity contribution is -0.137. The Balaban J connectivity index is 2.06. The Kier molecular flexibility index (Phi) is 4.74. The zero-order valence-electron chi connectivity index (χ0n) is 11.5. The molecule has 0 fully saturated rings. The van der Waals surface area contributed by atoms with Crippen LogP contribution in [0.5, 0.6) is 0 Å². The number of carboxylic acids is 1. The summed E-state index contributed by atoms with van der Waals surface area (Å²) in [6, 6.07) is 2.60. The Bertz CT molecular complexity index is 775. The van der Waals surface area contributed by atoms with Crippen molar-refractivity contribution in [1.82, 2.24) is 15.0 Å². The van der Waals surface area contributed by atoms with Crippen LogP contribution in [-0.4, -0.2) is 37.9 Å². The van der Waals surface area contributed by atoms with Crippen molar-refractivity contribution in [3.8, 4) is 0 Å². The average Bonchev–Trinajstić information content (AvgIpc) is 2.97. The number of carbonyl (C=O) groups excluding carboxylic acids is 2. The lowest BCUT2D eigenvalue weighted by Gasteiger charge is -2.04. The number of halogens is 2. The molecule has 10 heteroatoms. The van der Waals surface area contributed by atoms with E-state index in [0.717, 1.165) is 18.3 Å². The van der Waals surface area contributed by atoms with Crippen molar-refractivity contribution >= 4 is 23.5 Å². The second kappa shape index (κ2) is 6.73. The van der Waals surface area contributed by atoms with Crippen LogP contribution in [0.4, 0.5) is 14.5 Å². The first-order chi connectivity index (χ1) is 10.9. The topological polar surface area (TPSA) is 114 Å². The van der Waals surface area contributed by atoms with Crippen LogP contribution in [0.3, 0.4) is 0 Å². The Morgan fingerprint density at radius 1 is 1.22 bits per heavy atom. The summed E-state index contributed by atoms with van der Waals surface area (Å²) in [7, 11) is 0. The van der Waals surface area contributed by atoms with E-state index in [1.807, 2.05) is 0 Å². The first-order valence-corrected chi connectivity index (χ1v) is 6.30. The van der Waals surface area contributed by atoms with Crippen LogP contribution in [0, 0.1) is 11.6 Å². The molecule has 0 saturated heterocycles. The van der Waals surface area contributed by atoms with Gasteiger partial charge in [0, 0.05) is 12.5 Å². The summed E-state index contributed by atoms with van der Waals surface area (Å²) in [5.41, 5.74) is -0.541. The Morgan fingerprint density at radius 2 is 1.96 bits per heavy atom. The van der Waals surface area contributed by atoms with Gasteiger partial charge in [-0.3, -0.25) is 14.4 Å². The van der Waals surface area contributed by atoms with E-state index < -0.39 is 35.8 Å². The average molecular weight is 324 g/mol. The van der Waals surface area contributed by atoms with Gasteiger partial charge < -0.3 is 10.4 Å². The van der Waals surface area contributed by atoms with E-state index in [1.165, 1.54) is 0 Å². The number of hydrogen-bond acceptors (Lipinski definition) is 5. The van der Waals surface area contributed by atoms with Crippen LogP contribution < -0.4 is 5.32 Å². The fourth-order valence-corrected chi connectivity index (χ4v) is 1.58. The van der Waals surface area contributed by atoms with E-state index in [4.69, 9.17) is 5.11 Å². The molecule has 120 valence electrons. The first-order valence-electron chi connectivity index (χ1n) is 6.30. The molecule has 1 aromatic heterocycles. The molecular formula is C13H10F2N4O4. The van der Waals surface area contributed by atoms with E-state index >= 15 is 0 Å². The van der Waals surface area contributed by atoms with E-state index in [0.29, 0.717) is 10.9 Å². The van der Waals surface area contributed by atoms with Gasteiger partial charge in [0.05, 0.1) is 18.3 Å². The summed E-state index contributed by atoms with van der Waals surface area (Å²) < 4.78 is 26.2. The SMILES string of the molecule is O=C(O)CCC(=O)n1ncc(C(=O)Nc2ccc(F)cc2F)n1. The minimum absolute atomic E-state index is 0.261. The molecule has 0 aliphatic carbocycles. The van der Waals surface area contributed by atoms with Gasteiger partial charge in [0.1, 0.15) is 11.6 Å². The van der Waals surface area contributed by atoms with Gasteiger partial charge in [0.15, 0.2) is 5.69 Å². The molecular weight excluding hydrogens is 314 g/mol. The van der Waals surface area contributed by atoms with Gasteiger partial charge in [0.25, 0.3) is 11.8 Å². The molecule has 0 spiro atoms. The molecule has 2 N–H and O–H groups in total. The standard InChI is InChI=1S/C13H10F2N4O4/c14-7-1-2-9(8(15)5-7)17-13(23)10-6-16-19(18-10)11(20)3-4-12(21)22/h1-2,5-6H,3-4H2,(H,17,23)(H,21,22). The highest BCUT2D eigenvalue weighted by Crippen LogP contribution is 2.15. The number of aromatic nitrogens is 3. The van der Waals surface area contributed by atoms with E-state index in [1.54, 1.807) is 0 Å². The molecule has 23 heavy (non-hydrogen) atoms. The second-order valence-electron chi connectivity index (χ2n) is 4.39. The Labute approximate surface area is 127 Å². The number of carboxylic acid groups (broad SMARTS) is 1. The minimum Gasteiger partial charge on any atom is -0.481 e. The normalized spacial score (nSPS) is 10.3. The molecule has 0 aliphatic rings. The van der Waals surface area contributed by atoms with E-state index in [-0.39, 0.29) is 17.8 Å². The summed E-state index contributed by atoms with van der Waals surface area (Å²) in [4.78, 5) is 34.4. The zero-order chi connectivity index (χ0) is 17.0.